The van der Waals surface area contributed by atoms with Crippen LogP contribution in [0.4, 0.5) is 0 Å². The number of hydrogen-bond donors (Lipinski definition) is 0. The van der Waals surface area contributed by atoms with Gasteiger partial charge < -0.3 is 0 Å². The Balaban J connectivity index is 1.88. The van der Waals surface area contributed by atoms with Crippen molar-refractivity contribution in [1.82, 2.24) is 9.97 Å². The molecule has 0 spiro atoms. The first kappa shape index (κ1) is 13.8. The van der Waals surface area contributed by atoms with E-state index >= 15 is 0 Å². The molecule has 0 atom stereocenters. The van der Waals surface area contributed by atoms with Crippen molar-refractivity contribution in [2.24, 2.45) is 0 Å². The van der Waals surface area contributed by atoms with Gasteiger partial charge in [0.25, 0.3) is 0 Å². The van der Waals surface area contributed by atoms with Gasteiger partial charge in [-0.25, -0.2) is 0 Å². The summed E-state index contributed by atoms with van der Waals surface area (Å²) in [5.74, 6) is 1.62. The highest BCUT2D eigenvalue weighted by atomic mass is 32.2. The van der Waals surface area contributed by atoms with Gasteiger partial charge in [0.1, 0.15) is 0 Å². The van der Waals surface area contributed by atoms with Crippen molar-refractivity contribution in [3.63, 3.8) is 0 Å². The largest absolute Gasteiger partial charge is 0.289 e. The minimum Gasteiger partial charge on any atom is -0.289 e. The Hall–Kier alpha value is -2.20. The van der Waals surface area contributed by atoms with E-state index < -0.39 is 0 Å². The predicted molar refractivity (Wildman–Crippen MR) is 86.8 cm³/mol. The molecule has 1 aliphatic heterocycles. The number of carbonyl (C=O) groups excluding carboxylic acids is 1. The summed E-state index contributed by atoms with van der Waals surface area (Å²) in [5.41, 5.74) is 3.58. The van der Waals surface area contributed by atoms with Crippen LogP contribution in [0.5, 0.6) is 0 Å². The highest BCUT2D eigenvalue weighted by molar-refractivity contribution is 7.99. The maximum Gasteiger partial charge on any atom is 0.186 e. The molecule has 3 heterocycles. The molecule has 3 nitrogen and oxygen atoms in total. The Bertz CT molecular complexity index is 634. The molecule has 1 fully saturated rings. The first-order valence-corrected chi connectivity index (χ1v) is 7.82. The van der Waals surface area contributed by atoms with E-state index in [0.29, 0.717) is 0 Å². The molecule has 0 bridgehead atoms. The normalized spacial score (nSPS) is 19.1. The summed E-state index contributed by atoms with van der Waals surface area (Å²) in [4.78, 5) is 20.7. The van der Waals surface area contributed by atoms with Gasteiger partial charge in [-0.05, 0) is 35.4 Å². The first-order chi connectivity index (χ1) is 10.3. The van der Waals surface area contributed by atoms with Gasteiger partial charge in [0.05, 0.1) is 0 Å². The highest BCUT2D eigenvalue weighted by Crippen LogP contribution is 2.26. The van der Waals surface area contributed by atoms with Gasteiger partial charge >= 0.3 is 0 Å². The monoisotopic (exact) mass is 294 g/mol. The molecule has 21 heavy (non-hydrogen) atoms. The summed E-state index contributed by atoms with van der Waals surface area (Å²) < 4.78 is 0. The second-order valence-corrected chi connectivity index (χ2v) is 5.72. The van der Waals surface area contributed by atoms with Crippen LogP contribution in [-0.4, -0.2) is 27.3 Å². The predicted octanol–water partition coefficient (Wildman–Crippen LogP) is 3.26. The Labute approximate surface area is 127 Å². The number of nitrogens with zero attached hydrogens (tertiary/aromatic N) is 2. The topological polar surface area (TPSA) is 42.9 Å². The Kier molecular flexibility index (Phi) is 4.26. The SMILES string of the molecule is O=C1/C(=C/c2cccnc2)CSC/C1=C/c1cccnc1. The molecule has 0 aromatic carbocycles. The number of ketones is 1. The smallest absolute Gasteiger partial charge is 0.186 e. The van der Waals surface area contributed by atoms with Crippen LogP contribution in [0.25, 0.3) is 12.2 Å². The molecule has 1 aliphatic rings. The molecular formula is C17H14N2OS. The van der Waals surface area contributed by atoms with E-state index in [2.05, 4.69) is 9.97 Å². The number of rotatable bonds is 2. The van der Waals surface area contributed by atoms with E-state index in [9.17, 15) is 4.79 Å². The fraction of sp³-hybridized carbons (Fsp3) is 0.118. The van der Waals surface area contributed by atoms with Gasteiger partial charge in [-0.2, -0.15) is 11.8 Å². The molecule has 0 radical (unpaired) electrons. The molecule has 1 saturated heterocycles. The molecule has 0 N–H and O–H groups in total. The fourth-order valence-corrected chi connectivity index (χ4v) is 3.12. The number of aromatic nitrogens is 2. The molecule has 0 saturated carbocycles. The molecule has 3 rings (SSSR count). The van der Waals surface area contributed by atoms with Crippen molar-refractivity contribution in [2.75, 3.05) is 11.5 Å². The molecule has 0 aliphatic carbocycles. The minimum atomic E-state index is 0.126. The second-order valence-electron chi connectivity index (χ2n) is 4.73. The average molecular weight is 294 g/mol. The molecule has 0 unspecified atom stereocenters. The van der Waals surface area contributed by atoms with Crippen molar-refractivity contribution >= 4 is 29.7 Å². The minimum absolute atomic E-state index is 0.126. The van der Waals surface area contributed by atoms with Crippen molar-refractivity contribution in [3.8, 4) is 0 Å². The van der Waals surface area contributed by atoms with Gasteiger partial charge in [-0.3, -0.25) is 14.8 Å². The van der Waals surface area contributed by atoms with Gasteiger partial charge in [-0.1, -0.05) is 12.1 Å². The zero-order valence-corrected chi connectivity index (χ0v) is 12.2. The van der Waals surface area contributed by atoms with Crippen molar-refractivity contribution in [1.29, 1.82) is 0 Å². The lowest BCUT2D eigenvalue weighted by Crippen LogP contribution is -2.16. The van der Waals surface area contributed by atoms with Crippen molar-refractivity contribution < 1.29 is 4.79 Å². The summed E-state index contributed by atoms with van der Waals surface area (Å²) in [6, 6.07) is 7.66. The summed E-state index contributed by atoms with van der Waals surface area (Å²) in [7, 11) is 0. The number of thioether (sulfide) groups is 1. The van der Waals surface area contributed by atoms with E-state index in [1.165, 1.54) is 0 Å². The van der Waals surface area contributed by atoms with Gasteiger partial charge in [-0.15, -0.1) is 0 Å². The molecule has 2 aromatic rings. The molecular weight excluding hydrogens is 280 g/mol. The molecule has 104 valence electrons. The summed E-state index contributed by atoms with van der Waals surface area (Å²) in [6.07, 6.45) is 10.9. The van der Waals surface area contributed by atoms with Crippen LogP contribution in [0.1, 0.15) is 11.1 Å². The Morgan fingerprint density at radius 3 is 1.86 bits per heavy atom. The van der Waals surface area contributed by atoms with Crippen LogP contribution in [0.2, 0.25) is 0 Å². The average Bonchev–Trinajstić information content (AvgIpc) is 2.53. The standard InChI is InChI=1S/C17H14N2OS/c20-17-15(7-13-3-1-5-18-9-13)11-21-12-16(17)8-14-4-2-6-19-10-14/h1-10H,11-12H2/b15-7-,16-8+. The van der Waals surface area contributed by atoms with Crippen LogP contribution >= 0.6 is 11.8 Å². The summed E-state index contributed by atoms with van der Waals surface area (Å²) in [6.45, 7) is 0. The maximum atomic E-state index is 12.5. The molecule has 4 heteroatoms. The third kappa shape index (κ3) is 3.47. The Morgan fingerprint density at radius 2 is 1.43 bits per heavy atom. The van der Waals surface area contributed by atoms with Crippen LogP contribution in [0.3, 0.4) is 0 Å². The van der Waals surface area contributed by atoms with Gasteiger partial charge in [0.2, 0.25) is 0 Å². The third-order valence-electron chi connectivity index (χ3n) is 3.15. The van der Waals surface area contributed by atoms with E-state index in [0.717, 1.165) is 33.8 Å². The van der Waals surface area contributed by atoms with E-state index in [1.54, 1.807) is 36.5 Å². The lowest BCUT2D eigenvalue weighted by Gasteiger charge is -2.16. The van der Waals surface area contributed by atoms with Crippen LogP contribution in [0.15, 0.2) is 60.2 Å². The number of pyridine rings is 2. The third-order valence-corrected chi connectivity index (χ3v) is 4.18. The van der Waals surface area contributed by atoms with Crippen molar-refractivity contribution in [3.05, 3.63) is 71.3 Å². The van der Waals surface area contributed by atoms with E-state index in [-0.39, 0.29) is 5.78 Å². The zero-order valence-electron chi connectivity index (χ0n) is 11.4. The Morgan fingerprint density at radius 1 is 0.905 bits per heavy atom. The van der Waals surface area contributed by atoms with Crippen LogP contribution < -0.4 is 0 Å². The van der Waals surface area contributed by atoms with Gasteiger partial charge in [0, 0.05) is 47.4 Å². The van der Waals surface area contributed by atoms with E-state index in [1.807, 2.05) is 36.4 Å². The number of Topliss-reactive ketones (excluding diaryl/α,β-unsaturated/α-hetero) is 1. The van der Waals surface area contributed by atoms with Crippen LogP contribution in [-0.2, 0) is 4.79 Å². The highest BCUT2D eigenvalue weighted by Gasteiger charge is 2.20. The quantitative estimate of drug-likeness (QED) is 0.797. The lowest BCUT2D eigenvalue weighted by atomic mass is 10.0. The summed E-state index contributed by atoms with van der Waals surface area (Å²) >= 11 is 1.76. The zero-order chi connectivity index (χ0) is 14.5. The number of hydrogen-bond acceptors (Lipinski definition) is 4. The first-order valence-electron chi connectivity index (χ1n) is 6.66. The lowest BCUT2D eigenvalue weighted by molar-refractivity contribution is -0.112. The maximum absolute atomic E-state index is 12.5. The fourth-order valence-electron chi connectivity index (χ4n) is 2.15. The second kappa shape index (κ2) is 6.50. The van der Waals surface area contributed by atoms with Crippen molar-refractivity contribution in [2.45, 2.75) is 0 Å². The molecule has 2 aromatic heterocycles. The summed E-state index contributed by atoms with van der Waals surface area (Å²) in [5, 5.41) is 0. The van der Waals surface area contributed by atoms with Crippen LogP contribution in [0, 0.1) is 0 Å². The molecule has 0 amide bonds. The van der Waals surface area contributed by atoms with Gasteiger partial charge in [0.15, 0.2) is 5.78 Å². The number of carbonyl (C=O) groups is 1. The van der Waals surface area contributed by atoms with E-state index in [4.69, 9.17) is 0 Å².